The summed E-state index contributed by atoms with van der Waals surface area (Å²) in [6, 6.07) is 8.77. The van der Waals surface area contributed by atoms with Gasteiger partial charge in [0.2, 0.25) is 0 Å². The van der Waals surface area contributed by atoms with Gasteiger partial charge in [0.15, 0.2) is 0 Å². The van der Waals surface area contributed by atoms with Crippen molar-refractivity contribution in [2.75, 3.05) is 0 Å². The molecule has 2 rings (SSSR count). The van der Waals surface area contributed by atoms with Gasteiger partial charge in [0.05, 0.1) is 0 Å². The molecule has 0 aliphatic heterocycles. The Hall–Kier alpha value is -0.340. The molecule has 0 heterocycles. The highest BCUT2D eigenvalue weighted by Gasteiger charge is 2.55. The standard InChI is InChI=1S/C12H16BrN/c1-8(2)12(7-11(12)14)9-5-3-4-6-10(9)13/h3-6,8,11H,7,14H2,1-2H3/t11-,12?/m1/s1. The molecule has 1 unspecified atom stereocenters. The Bertz CT molecular complexity index is 348. The number of hydrogen-bond donors (Lipinski definition) is 1. The third-order valence-corrected chi connectivity index (χ3v) is 4.16. The second-order valence-electron chi connectivity index (χ2n) is 4.49. The lowest BCUT2D eigenvalue weighted by Gasteiger charge is -2.22. The van der Waals surface area contributed by atoms with Crippen molar-refractivity contribution in [3.05, 3.63) is 34.3 Å². The van der Waals surface area contributed by atoms with Crippen LogP contribution < -0.4 is 5.73 Å². The molecule has 2 N–H and O–H groups in total. The summed E-state index contributed by atoms with van der Waals surface area (Å²) in [6.07, 6.45) is 1.12. The summed E-state index contributed by atoms with van der Waals surface area (Å²) in [6.45, 7) is 4.51. The Labute approximate surface area is 93.8 Å². The van der Waals surface area contributed by atoms with Crippen molar-refractivity contribution in [2.24, 2.45) is 11.7 Å². The van der Waals surface area contributed by atoms with Crippen LogP contribution in [-0.2, 0) is 5.41 Å². The quantitative estimate of drug-likeness (QED) is 0.862. The first-order chi connectivity index (χ1) is 6.59. The summed E-state index contributed by atoms with van der Waals surface area (Å²) in [4.78, 5) is 0. The largest absolute Gasteiger partial charge is 0.327 e. The van der Waals surface area contributed by atoms with Gasteiger partial charge in [0, 0.05) is 15.9 Å². The Balaban J connectivity index is 2.44. The van der Waals surface area contributed by atoms with Gasteiger partial charge in [0.25, 0.3) is 0 Å². The fourth-order valence-corrected chi connectivity index (χ4v) is 3.08. The van der Waals surface area contributed by atoms with Crippen LogP contribution in [0.2, 0.25) is 0 Å². The number of nitrogens with two attached hydrogens (primary N) is 1. The highest BCUT2D eigenvalue weighted by molar-refractivity contribution is 9.10. The molecule has 0 radical (unpaired) electrons. The van der Waals surface area contributed by atoms with Gasteiger partial charge in [-0.1, -0.05) is 48.0 Å². The van der Waals surface area contributed by atoms with Crippen LogP contribution in [0, 0.1) is 5.92 Å². The lowest BCUT2D eigenvalue weighted by Crippen LogP contribution is -2.24. The predicted molar refractivity (Wildman–Crippen MR) is 63.3 cm³/mol. The van der Waals surface area contributed by atoms with E-state index in [9.17, 15) is 0 Å². The molecule has 2 heteroatoms. The highest BCUT2D eigenvalue weighted by atomic mass is 79.9. The minimum atomic E-state index is 0.222. The molecule has 1 aliphatic carbocycles. The number of rotatable bonds is 2. The molecular weight excluding hydrogens is 238 g/mol. The van der Waals surface area contributed by atoms with Gasteiger partial charge < -0.3 is 5.73 Å². The van der Waals surface area contributed by atoms with E-state index in [2.05, 4.69) is 54.0 Å². The molecule has 1 aromatic rings. The SMILES string of the molecule is CC(C)C1(c2ccccc2Br)C[C@H]1N. The van der Waals surface area contributed by atoms with E-state index in [0.717, 1.165) is 6.42 Å². The Morgan fingerprint density at radius 1 is 1.43 bits per heavy atom. The molecule has 1 saturated carbocycles. The van der Waals surface area contributed by atoms with Crippen molar-refractivity contribution in [3.8, 4) is 0 Å². The van der Waals surface area contributed by atoms with Gasteiger partial charge in [-0.25, -0.2) is 0 Å². The molecule has 14 heavy (non-hydrogen) atoms. The zero-order valence-electron chi connectivity index (χ0n) is 8.63. The molecular formula is C12H16BrN. The minimum absolute atomic E-state index is 0.222. The average molecular weight is 254 g/mol. The summed E-state index contributed by atoms with van der Waals surface area (Å²) in [7, 11) is 0. The maximum Gasteiger partial charge on any atom is 0.0213 e. The molecule has 0 aromatic heterocycles. The molecule has 1 fully saturated rings. The second kappa shape index (κ2) is 3.35. The third-order valence-electron chi connectivity index (χ3n) is 3.46. The second-order valence-corrected chi connectivity index (χ2v) is 5.34. The molecule has 1 aromatic carbocycles. The summed E-state index contributed by atoms with van der Waals surface area (Å²) in [5.41, 5.74) is 7.68. The zero-order chi connectivity index (χ0) is 10.3. The van der Waals surface area contributed by atoms with Crippen molar-refractivity contribution in [3.63, 3.8) is 0 Å². The van der Waals surface area contributed by atoms with Gasteiger partial charge in [-0.3, -0.25) is 0 Å². The van der Waals surface area contributed by atoms with E-state index in [1.54, 1.807) is 0 Å². The van der Waals surface area contributed by atoms with E-state index >= 15 is 0 Å². The third kappa shape index (κ3) is 1.32. The molecule has 76 valence electrons. The van der Waals surface area contributed by atoms with Crippen LogP contribution >= 0.6 is 15.9 Å². The lowest BCUT2D eigenvalue weighted by molar-refractivity contribution is 0.464. The van der Waals surface area contributed by atoms with E-state index < -0.39 is 0 Å². The summed E-state index contributed by atoms with van der Waals surface area (Å²) < 4.78 is 1.20. The van der Waals surface area contributed by atoms with E-state index in [1.165, 1.54) is 10.0 Å². The minimum Gasteiger partial charge on any atom is -0.327 e. The monoisotopic (exact) mass is 253 g/mol. The van der Waals surface area contributed by atoms with Crippen LogP contribution in [0.15, 0.2) is 28.7 Å². The number of benzene rings is 1. The molecule has 1 aliphatic rings. The van der Waals surface area contributed by atoms with E-state index in [0.29, 0.717) is 12.0 Å². The first-order valence-corrected chi connectivity index (χ1v) is 5.89. The average Bonchev–Trinajstić information content (AvgIpc) is 2.79. The van der Waals surface area contributed by atoms with E-state index in [1.807, 2.05) is 0 Å². The summed E-state index contributed by atoms with van der Waals surface area (Å²) in [5, 5.41) is 0. The Morgan fingerprint density at radius 2 is 2.00 bits per heavy atom. The molecule has 0 bridgehead atoms. The van der Waals surface area contributed by atoms with Gasteiger partial charge >= 0.3 is 0 Å². The smallest absolute Gasteiger partial charge is 0.0213 e. The van der Waals surface area contributed by atoms with Crippen LogP contribution in [-0.4, -0.2) is 6.04 Å². The Kier molecular flexibility index (Phi) is 2.44. The predicted octanol–water partition coefficient (Wildman–Crippen LogP) is 3.07. The first-order valence-electron chi connectivity index (χ1n) is 5.09. The molecule has 0 saturated heterocycles. The van der Waals surface area contributed by atoms with Crippen molar-refractivity contribution in [1.29, 1.82) is 0 Å². The van der Waals surface area contributed by atoms with Gasteiger partial charge in [0.1, 0.15) is 0 Å². The van der Waals surface area contributed by atoms with Crippen LogP contribution in [0.4, 0.5) is 0 Å². The van der Waals surface area contributed by atoms with Crippen LogP contribution in [0.3, 0.4) is 0 Å². The normalized spacial score (nSPS) is 30.8. The molecule has 2 atom stereocenters. The fraction of sp³-hybridized carbons (Fsp3) is 0.500. The van der Waals surface area contributed by atoms with Crippen LogP contribution in [0.25, 0.3) is 0 Å². The molecule has 1 nitrogen and oxygen atoms in total. The van der Waals surface area contributed by atoms with Crippen molar-refractivity contribution >= 4 is 15.9 Å². The Morgan fingerprint density at radius 3 is 2.43 bits per heavy atom. The number of hydrogen-bond acceptors (Lipinski definition) is 1. The van der Waals surface area contributed by atoms with Crippen molar-refractivity contribution in [1.82, 2.24) is 0 Å². The van der Waals surface area contributed by atoms with Crippen molar-refractivity contribution in [2.45, 2.75) is 31.7 Å². The van der Waals surface area contributed by atoms with E-state index in [4.69, 9.17) is 5.73 Å². The molecule has 0 amide bonds. The van der Waals surface area contributed by atoms with Gasteiger partial charge in [-0.2, -0.15) is 0 Å². The summed E-state index contributed by atoms with van der Waals surface area (Å²) in [5.74, 6) is 0.608. The van der Waals surface area contributed by atoms with Crippen molar-refractivity contribution < 1.29 is 0 Å². The van der Waals surface area contributed by atoms with Gasteiger partial charge in [-0.15, -0.1) is 0 Å². The van der Waals surface area contributed by atoms with Crippen LogP contribution in [0.1, 0.15) is 25.8 Å². The maximum absolute atomic E-state index is 6.08. The van der Waals surface area contributed by atoms with Gasteiger partial charge in [-0.05, 0) is 24.0 Å². The topological polar surface area (TPSA) is 26.0 Å². The summed E-state index contributed by atoms with van der Waals surface area (Å²) >= 11 is 3.61. The first kappa shape index (κ1) is 10.2. The lowest BCUT2D eigenvalue weighted by atomic mass is 9.84. The number of halogens is 1. The maximum atomic E-state index is 6.08. The van der Waals surface area contributed by atoms with E-state index in [-0.39, 0.29) is 5.41 Å². The molecule has 0 spiro atoms. The van der Waals surface area contributed by atoms with Crippen LogP contribution in [0.5, 0.6) is 0 Å². The highest BCUT2D eigenvalue weighted by Crippen LogP contribution is 2.54. The zero-order valence-corrected chi connectivity index (χ0v) is 10.2. The fourth-order valence-electron chi connectivity index (χ4n) is 2.43.